The molecule has 7 nitrogen and oxygen atoms in total. The summed E-state index contributed by atoms with van der Waals surface area (Å²) in [6, 6.07) is 12.1. The Kier molecular flexibility index (Phi) is 7.48. The van der Waals surface area contributed by atoms with Crippen molar-refractivity contribution >= 4 is 34.7 Å². The smallest absolute Gasteiger partial charge is 0.293 e. The van der Waals surface area contributed by atoms with Gasteiger partial charge in [0.1, 0.15) is 12.4 Å². The number of benzene rings is 2. The molecule has 0 bridgehead atoms. The fourth-order valence-electron chi connectivity index (χ4n) is 3.15. The topological polar surface area (TPSA) is 89.8 Å². The van der Waals surface area contributed by atoms with E-state index >= 15 is 0 Å². The molecule has 2 aromatic rings. The van der Waals surface area contributed by atoms with Gasteiger partial charge in [-0.3, -0.25) is 24.6 Å². The maximum absolute atomic E-state index is 12.6. The molecule has 0 radical (unpaired) electrons. The maximum Gasteiger partial charge on any atom is 0.293 e. The minimum atomic E-state index is -0.462. The van der Waals surface area contributed by atoms with Crippen LogP contribution in [0.2, 0.25) is 0 Å². The second kappa shape index (κ2) is 10.3. The molecule has 0 unspecified atom stereocenters. The number of nitrogens with zero attached hydrogens (tertiary/aromatic N) is 2. The predicted octanol–water partition coefficient (Wildman–Crippen LogP) is 5.70. The number of ether oxygens (including phenoxy) is 1. The molecule has 0 N–H and O–H groups in total. The van der Waals surface area contributed by atoms with Crippen molar-refractivity contribution in [3.05, 3.63) is 86.3 Å². The van der Waals surface area contributed by atoms with Gasteiger partial charge in [-0.15, -0.1) is 0 Å². The second-order valence-corrected chi connectivity index (χ2v) is 8.60. The molecule has 2 amide bonds. The zero-order valence-electron chi connectivity index (χ0n) is 18.1. The molecule has 0 saturated carbocycles. The molecule has 1 aliphatic heterocycles. The third-order valence-electron chi connectivity index (χ3n) is 4.88. The zero-order chi connectivity index (χ0) is 23.3. The Balaban J connectivity index is 1.60. The van der Waals surface area contributed by atoms with Crippen LogP contribution in [0.4, 0.5) is 10.5 Å². The minimum absolute atomic E-state index is 0.0108. The number of thioether (sulfide) groups is 1. The highest BCUT2D eigenvalue weighted by Crippen LogP contribution is 2.31. The van der Waals surface area contributed by atoms with E-state index in [1.807, 2.05) is 25.1 Å². The lowest BCUT2D eigenvalue weighted by Gasteiger charge is -2.17. The van der Waals surface area contributed by atoms with Crippen molar-refractivity contribution in [3.8, 4) is 5.75 Å². The lowest BCUT2D eigenvalue weighted by atomic mass is 10.0. The van der Waals surface area contributed by atoms with Crippen molar-refractivity contribution in [2.24, 2.45) is 0 Å². The zero-order valence-corrected chi connectivity index (χ0v) is 18.9. The highest BCUT2D eigenvalue weighted by molar-refractivity contribution is 8.18. The molecule has 0 spiro atoms. The Hall–Kier alpha value is -3.39. The summed E-state index contributed by atoms with van der Waals surface area (Å²) in [4.78, 5) is 36.6. The van der Waals surface area contributed by atoms with Crippen LogP contribution in [-0.2, 0) is 4.79 Å². The normalized spacial score (nSPS) is 15.4. The van der Waals surface area contributed by atoms with E-state index in [4.69, 9.17) is 4.74 Å². The molecule has 32 heavy (non-hydrogen) atoms. The van der Waals surface area contributed by atoms with Crippen molar-refractivity contribution < 1.29 is 19.2 Å². The SMILES string of the molecule is Cc1ccc(C(C)C)c(OCCN2C(=O)S/C(=C\C=C\c3ccc([N+](=O)[O-])cc3)C2=O)c1. The number of carbonyl (C=O) groups is 2. The van der Waals surface area contributed by atoms with Gasteiger partial charge in [-0.2, -0.15) is 0 Å². The number of imide groups is 1. The molecule has 166 valence electrons. The summed E-state index contributed by atoms with van der Waals surface area (Å²) < 4.78 is 5.90. The summed E-state index contributed by atoms with van der Waals surface area (Å²) in [6.45, 7) is 6.54. The van der Waals surface area contributed by atoms with Gasteiger partial charge in [0, 0.05) is 12.1 Å². The lowest BCUT2D eigenvalue weighted by molar-refractivity contribution is -0.384. The third kappa shape index (κ3) is 5.64. The molecule has 8 heteroatoms. The molecule has 0 aromatic heterocycles. The van der Waals surface area contributed by atoms with E-state index in [2.05, 4.69) is 13.8 Å². The number of nitro benzene ring substituents is 1. The molecule has 0 atom stereocenters. The van der Waals surface area contributed by atoms with Crippen LogP contribution in [-0.4, -0.2) is 34.1 Å². The number of non-ortho nitro benzene ring substituents is 1. The highest BCUT2D eigenvalue weighted by atomic mass is 32.2. The number of rotatable bonds is 8. The van der Waals surface area contributed by atoms with Crippen LogP contribution in [0.1, 0.15) is 36.5 Å². The number of hydrogen-bond acceptors (Lipinski definition) is 6. The first kappa shape index (κ1) is 23.3. The molecular weight excluding hydrogens is 428 g/mol. The Morgan fingerprint density at radius 3 is 2.53 bits per heavy atom. The molecule has 3 rings (SSSR count). The second-order valence-electron chi connectivity index (χ2n) is 7.61. The van der Waals surface area contributed by atoms with Crippen molar-refractivity contribution in [1.82, 2.24) is 4.90 Å². The summed E-state index contributed by atoms with van der Waals surface area (Å²) in [5, 5.41) is 10.4. The number of hydrogen-bond donors (Lipinski definition) is 0. The van der Waals surface area contributed by atoms with Gasteiger partial charge in [-0.25, -0.2) is 0 Å². The predicted molar refractivity (Wildman–Crippen MR) is 126 cm³/mol. The van der Waals surface area contributed by atoms with Gasteiger partial charge in [0.15, 0.2) is 0 Å². The average molecular weight is 453 g/mol. The van der Waals surface area contributed by atoms with Gasteiger partial charge in [-0.05, 0) is 65.6 Å². The van der Waals surface area contributed by atoms with Gasteiger partial charge < -0.3 is 4.74 Å². The van der Waals surface area contributed by atoms with E-state index in [9.17, 15) is 19.7 Å². The van der Waals surface area contributed by atoms with Crippen molar-refractivity contribution in [2.75, 3.05) is 13.2 Å². The first-order valence-corrected chi connectivity index (χ1v) is 11.0. The summed E-state index contributed by atoms with van der Waals surface area (Å²) >= 11 is 0.882. The Morgan fingerprint density at radius 2 is 1.88 bits per heavy atom. The molecule has 1 aliphatic rings. The number of aryl methyl sites for hydroxylation is 1. The van der Waals surface area contributed by atoms with Crippen LogP contribution < -0.4 is 4.74 Å². The van der Waals surface area contributed by atoms with Crippen LogP contribution in [0.5, 0.6) is 5.75 Å². The largest absolute Gasteiger partial charge is 0.491 e. The fraction of sp³-hybridized carbons (Fsp3) is 0.250. The minimum Gasteiger partial charge on any atom is -0.491 e. The van der Waals surface area contributed by atoms with E-state index < -0.39 is 4.92 Å². The summed E-state index contributed by atoms with van der Waals surface area (Å²) in [6.07, 6.45) is 4.94. The van der Waals surface area contributed by atoms with Crippen LogP contribution in [0.3, 0.4) is 0 Å². The van der Waals surface area contributed by atoms with Crippen molar-refractivity contribution in [3.63, 3.8) is 0 Å². The van der Waals surface area contributed by atoms with E-state index in [0.717, 1.165) is 34.2 Å². The first-order chi connectivity index (χ1) is 15.3. The van der Waals surface area contributed by atoms with Gasteiger partial charge in [0.2, 0.25) is 0 Å². The number of nitro groups is 1. The Labute approximate surface area is 190 Å². The quantitative estimate of drug-likeness (QED) is 0.290. The van der Waals surface area contributed by atoms with Gasteiger partial charge in [0.05, 0.1) is 16.4 Å². The van der Waals surface area contributed by atoms with E-state index in [1.165, 1.54) is 17.0 Å². The van der Waals surface area contributed by atoms with E-state index in [0.29, 0.717) is 10.8 Å². The van der Waals surface area contributed by atoms with Gasteiger partial charge >= 0.3 is 0 Å². The van der Waals surface area contributed by atoms with Crippen LogP contribution >= 0.6 is 11.8 Å². The molecule has 0 aliphatic carbocycles. The van der Waals surface area contributed by atoms with E-state index in [-0.39, 0.29) is 30.0 Å². The number of carbonyl (C=O) groups excluding carboxylic acids is 2. The summed E-state index contributed by atoms with van der Waals surface area (Å²) in [7, 11) is 0. The molecule has 2 aromatic carbocycles. The first-order valence-electron chi connectivity index (χ1n) is 10.2. The molecule has 1 heterocycles. The molecular formula is C24H24N2O5S. The third-order valence-corrected chi connectivity index (χ3v) is 5.80. The molecule has 1 saturated heterocycles. The number of allylic oxidation sites excluding steroid dienone is 2. The summed E-state index contributed by atoms with van der Waals surface area (Å²) in [5.74, 6) is 0.715. The van der Waals surface area contributed by atoms with Gasteiger partial charge in [-0.1, -0.05) is 38.1 Å². The number of amides is 2. The Morgan fingerprint density at radius 1 is 1.16 bits per heavy atom. The lowest BCUT2D eigenvalue weighted by Crippen LogP contribution is -2.32. The standard InChI is InChI=1S/C24H24N2O5S/c1-16(2)20-12-7-17(3)15-21(20)31-14-13-25-23(27)22(32-24(25)28)6-4-5-18-8-10-19(11-9-18)26(29)30/h4-12,15-16H,13-14H2,1-3H3/b5-4+,22-6-. The van der Waals surface area contributed by atoms with E-state index in [1.54, 1.807) is 30.4 Å². The Bertz CT molecular complexity index is 1090. The highest BCUT2D eigenvalue weighted by Gasteiger charge is 2.34. The van der Waals surface area contributed by atoms with Crippen LogP contribution in [0.15, 0.2) is 59.5 Å². The fourth-order valence-corrected chi connectivity index (χ4v) is 3.97. The van der Waals surface area contributed by atoms with Crippen molar-refractivity contribution in [2.45, 2.75) is 26.7 Å². The van der Waals surface area contributed by atoms with Crippen LogP contribution in [0.25, 0.3) is 6.08 Å². The van der Waals surface area contributed by atoms with Crippen molar-refractivity contribution in [1.29, 1.82) is 0 Å². The van der Waals surface area contributed by atoms with Crippen LogP contribution in [0, 0.1) is 17.0 Å². The maximum atomic E-state index is 12.6. The van der Waals surface area contributed by atoms with Gasteiger partial charge in [0.25, 0.3) is 16.8 Å². The average Bonchev–Trinajstić information content (AvgIpc) is 3.01. The molecule has 1 fully saturated rings. The summed E-state index contributed by atoms with van der Waals surface area (Å²) in [5.41, 5.74) is 2.93. The monoisotopic (exact) mass is 452 g/mol.